The van der Waals surface area contributed by atoms with Crippen LogP contribution in [-0.2, 0) is 5.60 Å². The SMILES string of the molecule is CC(C)C1CCCCC1(O)c1ccc2[nH]ccc2c1. The molecule has 1 saturated carbocycles. The second kappa shape index (κ2) is 4.68. The highest BCUT2D eigenvalue weighted by atomic mass is 16.3. The van der Waals surface area contributed by atoms with Crippen LogP contribution in [0.1, 0.15) is 45.1 Å². The molecule has 2 unspecified atom stereocenters. The van der Waals surface area contributed by atoms with Crippen molar-refractivity contribution in [1.29, 1.82) is 0 Å². The molecule has 0 aliphatic heterocycles. The lowest BCUT2D eigenvalue weighted by Crippen LogP contribution is -2.40. The molecule has 0 amide bonds. The van der Waals surface area contributed by atoms with Gasteiger partial charge in [0.25, 0.3) is 0 Å². The van der Waals surface area contributed by atoms with Crippen molar-refractivity contribution in [3.8, 4) is 0 Å². The predicted octanol–water partition coefficient (Wildman–Crippen LogP) is 4.20. The first-order valence-corrected chi connectivity index (χ1v) is 7.41. The fourth-order valence-electron chi connectivity index (χ4n) is 3.75. The highest BCUT2D eigenvalue weighted by Crippen LogP contribution is 2.45. The molecule has 1 heterocycles. The van der Waals surface area contributed by atoms with E-state index in [0.717, 1.165) is 30.3 Å². The Morgan fingerprint density at radius 3 is 2.89 bits per heavy atom. The lowest BCUT2D eigenvalue weighted by atomic mass is 9.67. The summed E-state index contributed by atoms with van der Waals surface area (Å²) in [5.74, 6) is 0.893. The maximum Gasteiger partial charge on any atom is 0.0927 e. The van der Waals surface area contributed by atoms with Crippen LogP contribution >= 0.6 is 0 Å². The smallest absolute Gasteiger partial charge is 0.0927 e. The molecule has 2 N–H and O–H groups in total. The van der Waals surface area contributed by atoms with Gasteiger partial charge in [-0.05, 0) is 53.8 Å². The van der Waals surface area contributed by atoms with E-state index in [1.807, 2.05) is 6.20 Å². The summed E-state index contributed by atoms with van der Waals surface area (Å²) in [4.78, 5) is 3.21. The second-order valence-corrected chi connectivity index (χ2v) is 6.30. The molecule has 0 spiro atoms. The Morgan fingerprint density at radius 2 is 2.11 bits per heavy atom. The molecule has 102 valence electrons. The minimum Gasteiger partial charge on any atom is -0.385 e. The highest BCUT2D eigenvalue weighted by molar-refractivity contribution is 5.80. The number of benzene rings is 1. The van der Waals surface area contributed by atoms with E-state index < -0.39 is 5.60 Å². The standard InChI is InChI=1S/C17H23NO/c1-12(2)15-5-3-4-9-17(15,19)14-6-7-16-13(11-14)8-10-18-16/h6-8,10-12,15,18-19H,3-5,9H2,1-2H3. The van der Waals surface area contributed by atoms with E-state index in [2.05, 4.69) is 43.1 Å². The van der Waals surface area contributed by atoms with Gasteiger partial charge in [0.2, 0.25) is 0 Å². The van der Waals surface area contributed by atoms with Gasteiger partial charge in [0.05, 0.1) is 5.60 Å². The zero-order valence-electron chi connectivity index (χ0n) is 11.8. The van der Waals surface area contributed by atoms with Gasteiger partial charge >= 0.3 is 0 Å². The zero-order chi connectivity index (χ0) is 13.5. The summed E-state index contributed by atoms with van der Waals surface area (Å²) in [6.07, 6.45) is 6.37. The van der Waals surface area contributed by atoms with Crippen molar-refractivity contribution in [2.45, 2.75) is 45.1 Å². The van der Waals surface area contributed by atoms with Crippen LogP contribution in [0.15, 0.2) is 30.5 Å². The molecule has 1 aromatic heterocycles. The Hall–Kier alpha value is -1.28. The molecule has 3 rings (SSSR count). The normalized spacial score (nSPS) is 28.1. The third kappa shape index (κ3) is 2.08. The van der Waals surface area contributed by atoms with Crippen LogP contribution in [0, 0.1) is 11.8 Å². The molecular formula is C17H23NO. The molecule has 0 radical (unpaired) electrons. The number of H-pyrrole nitrogens is 1. The number of aromatic amines is 1. The predicted molar refractivity (Wildman–Crippen MR) is 79.0 cm³/mol. The minimum absolute atomic E-state index is 0.373. The maximum atomic E-state index is 11.3. The first-order chi connectivity index (χ1) is 9.11. The lowest BCUT2D eigenvalue weighted by molar-refractivity contribution is -0.0720. The Morgan fingerprint density at radius 1 is 1.26 bits per heavy atom. The van der Waals surface area contributed by atoms with Gasteiger partial charge in [0.15, 0.2) is 0 Å². The largest absolute Gasteiger partial charge is 0.385 e. The van der Waals surface area contributed by atoms with Crippen molar-refractivity contribution in [1.82, 2.24) is 4.98 Å². The summed E-state index contributed by atoms with van der Waals surface area (Å²) in [6, 6.07) is 8.43. The van der Waals surface area contributed by atoms with Crippen LogP contribution in [-0.4, -0.2) is 10.1 Å². The molecule has 2 aromatic rings. The molecule has 2 nitrogen and oxygen atoms in total. The van der Waals surface area contributed by atoms with Crippen LogP contribution in [0.25, 0.3) is 10.9 Å². The number of aromatic nitrogens is 1. The molecule has 1 aliphatic rings. The summed E-state index contributed by atoms with van der Waals surface area (Å²) in [5, 5.41) is 12.5. The van der Waals surface area contributed by atoms with Gasteiger partial charge in [-0.2, -0.15) is 0 Å². The quantitative estimate of drug-likeness (QED) is 0.831. The third-order valence-corrected chi connectivity index (χ3v) is 4.79. The lowest BCUT2D eigenvalue weighted by Gasteiger charge is -2.42. The summed E-state index contributed by atoms with van der Waals surface area (Å²) < 4.78 is 0. The van der Waals surface area contributed by atoms with Gasteiger partial charge in [-0.1, -0.05) is 32.8 Å². The number of fused-ring (bicyclic) bond motifs is 1. The average Bonchev–Trinajstić information content (AvgIpc) is 2.86. The van der Waals surface area contributed by atoms with Crippen LogP contribution in [0.5, 0.6) is 0 Å². The molecule has 1 aliphatic carbocycles. The molecule has 1 fully saturated rings. The summed E-state index contributed by atoms with van der Waals surface area (Å²) in [6.45, 7) is 4.46. The zero-order valence-corrected chi connectivity index (χ0v) is 11.8. The Balaban J connectivity index is 2.05. The van der Waals surface area contributed by atoms with Crippen LogP contribution in [0.3, 0.4) is 0 Å². The maximum absolute atomic E-state index is 11.3. The van der Waals surface area contributed by atoms with Crippen LogP contribution in [0.2, 0.25) is 0 Å². The third-order valence-electron chi connectivity index (χ3n) is 4.79. The average molecular weight is 257 g/mol. The second-order valence-electron chi connectivity index (χ2n) is 6.30. The number of aliphatic hydroxyl groups is 1. The molecule has 19 heavy (non-hydrogen) atoms. The van der Waals surface area contributed by atoms with Crippen molar-refractivity contribution in [2.75, 3.05) is 0 Å². The van der Waals surface area contributed by atoms with Crippen molar-refractivity contribution >= 4 is 10.9 Å². The van der Waals surface area contributed by atoms with E-state index in [9.17, 15) is 5.11 Å². The number of hydrogen-bond donors (Lipinski definition) is 2. The number of hydrogen-bond acceptors (Lipinski definition) is 1. The fraction of sp³-hybridized carbons (Fsp3) is 0.529. The first kappa shape index (κ1) is 12.7. The number of nitrogens with one attached hydrogen (secondary N) is 1. The molecule has 2 atom stereocenters. The van der Waals surface area contributed by atoms with Crippen molar-refractivity contribution in [2.24, 2.45) is 11.8 Å². The molecule has 1 aromatic carbocycles. The van der Waals surface area contributed by atoms with Gasteiger partial charge in [-0.3, -0.25) is 0 Å². The number of rotatable bonds is 2. The van der Waals surface area contributed by atoms with Gasteiger partial charge in [-0.15, -0.1) is 0 Å². The Kier molecular flexibility index (Phi) is 3.14. The Bertz CT molecular complexity index is 571. The van der Waals surface area contributed by atoms with Gasteiger partial charge < -0.3 is 10.1 Å². The minimum atomic E-state index is -0.641. The summed E-state index contributed by atoms with van der Waals surface area (Å²) in [7, 11) is 0. The fourth-order valence-corrected chi connectivity index (χ4v) is 3.75. The topological polar surface area (TPSA) is 36.0 Å². The van der Waals surface area contributed by atoms with E-state index >= 15 is 0 Å². The van der Waals surface area contributed by atoms with Crippen molar-refractivity contribution < 1.29 is 5.11 Å². The van der Waals surface area contributed by atoms with E-state index in [-0.39, 0.29) is 0 Å². The monoisotopic (exact) mass is 257 g/mol. The van der Waals surface area contributed by atoms with Crippen LogP contribution in [0.4, 0.5) is 0 Å². The summed E-state index contributed by atoms with van der Waals surface area (Å²) >= 11 is 0. The van der Waals surface area contributed by atoms with Crippen molar-refractivity contribution in [3.05, 3.63) is 36.0 Å². The summed E-state index contributed by atoms with van der Waals surface area (Å²) in [5.41, 5.74) is 1.60. The van der Waals surface area contributed by atoms with Crippen LogP contribution < -0.4 is 0 Å². The molecule has 0 saturated heterocycles. The molecule has 2 heteroatoms. The molecule has 0 bridgehead atoms. The van der Waals surface area contributed by atoms with E-state index in [1.165, 1.54) is 11.8 Å². The van der Waals surface area contributed by atoms with Gasteiger partial charge in [-0.25, -0.2) is 0 Å². The van der Waals surface area contributed by atoms with Gasteiger partial charge in [0.1, 0.15) is 0 Å². The Labute approximate surface area is 114 Å². The molecular weight excluding hydrogens is 234 g/mol. The van der Waals surface area contributed by atoms with Crippen molar-refractivity contribution in [3.63, 3.8) is 0 Å². The van der Waals surface area contributed by atoms with Gasteiger partial charge in [0, 0.05) is 11.7 Å². The highest BCUT2D eigenvalue weighted by Gasteiger charge is 2.41. The van der Waals surface area contributed by atoms with E-state index in [4.69, 9.17) is 0 Å². The van der Waals surface area contributed by atoms with E-state index in [1.54, 1.807) is 0 Å². The van der Waals surface area contributed by atoms with E-state index in [0.29, 0.717) is 11.8 Å². The first-order valence-electron chi connectivity index (χ1n) is 7.41.